The molecule has 98 valence electrons. The second kappa shape index (κ2) is 5.67. The van der Waals surface area contributed by atoms with Crippen molar-refractivity contribution < 1.29 is 9.90 Å². The average molecular weight is 278 g/mol. The minimum Gasteiger partial charge on any atom is -0.478 e. The zero-order chi connectivity index (χ0) is 13.8. The topological polar surface area (TPSA) is 75.1 Å². The van der Waals surface area contributed by atoms with Gasteiger partial charge in [0.2, 0.25) is 5.28 Å². The van der Waals surface area contributed by atoms with Gasteiger partial charge in [-0.3, -0.25) is 0 Å². The predicted molar refractivity (Wildman–Crippen MR) is 72.5 cm³/mol. The van der Waals surface area contributed by atoms with Crippen molar-refractivity contribution in [3.8, 4) is 0 Å². The molecule has 0 saturated carbocycles. The van der Waals surface area contributed by atoms with Gasteiger partial charge in [-0.2, -0.15) is 0 Å². The van der Waals surface area contributed by atoms with E-state index in [0.717, 1.165) is 11.3 Å². The molecule has 5 nitrogen and oxygen atoms in total. The van der Waals surface area contributed by atoms with E-state index < -0.39 is 5.97 Å². The molecule has 19 heavy (non-hydrogen) atoms. The number of carboxylic acids is 1. The lowest BCUT2D eigenvalue weighted by molar-refractivity contribution is 0.0697. The van der Waals surface area contributed by atoms with Gasteiger partial charge in [0.25, 0.3) is 0 Å². The highest BCUT2D eigenvalue weighted by atomic mass is 35.5. The monoisotopic (exact) mass is 277 g/mol. The van der Waals surface area contributed by atoms with E-state index in [2.05, 4.69) is 15.3 Å². The summed E-state index contributed by atoms with van der Waals surface area (Å²) in [6.07, 6.45) is 0. The summed E-state index contributed by atoms with van der Waals surface area (Å²) >= 11 is 5.76. The first-order valence-corrected chi connectivity index (χ1v) is 5.99. The lowest BCUT2D eigenvalue weighted by Crippen LogP contribution is -2.04. The van der Waals surface area contributed by atoms with Crippen molar-refractivity contribution in [1.29, 1.82) is 0 Å². The largest absolute Gasteiger partial charge is 0.478 e. The highest BCUT2D eigenvalue weighted by molar-refractivity contribution is 6.28. The molecule has 0 spiro atoms. The minimum absolute atomic E-state index is 0.182. The van der Waals surface area contributed by atoms with E-state index in [9.17, 15) is 4.79 Å². The van der Waals surface area contributed by atoms with Gasteiger partial charge in [0.15, 0.2) is 0 Å². The fraction of sp³-hybridized carbons (Fsp3) is 0.154. The Balaban J connectivity index is 2.10. The summed E-state index contributed by atoms with van der Waals surface area (Å²) in [6, 6.07) is 8.49. The summed E-state index contributed by atoms with van der Waals surface area (Å²) < 4.78 is 0. The first-order chi connectivity index (χ1) is 9.04. The Hall–Kier alpha value is -2.14. The van der Waals surface area contributed by atoms with Gasteiger partial charge in [-0.05, 0) is 36.2 Å². The van der Waals surface area contributed by atoms with Gasteiger partial charge in [-0.25, -0.2) is 14.8 Å². The molecule has 0 bridgehead atoms. The van der Waals surface area contributed by atoms with E-state index in [1.807, 2.05) is 13.0 Å². The third-order valence-corrected chi connectivity index (χ3v) is 2.64. The second-order valence-electron chi connectivity index (χ2n) is 4.02. The summed E-state index contributed by atoms with van der Waals surface area (Å²) in [5.74, 6) is -0.332. The van der Waals surface area contributed by atoms with Crippen LogP contribution in [0.15, 0.2) is 30.3 Å². The Labute approximate surface area is 115 Å². The molecule has 0 radical (unpaired) electrons. The molecular weight excluding hydrogens is 266 g/mol. The first kappa shape index (κ1) is 13.3. The van der Waals surface area contributed by atoms with Crippen LogP contribution >= 0.6 is 11.6 Å². The number of nitrogens with zero attached hydrogens (tertiary/aromatic N) is 2. The molecule has 0 aliphatic carbocycles. The summed E-state index contributed by atoms with van der Waals surface area (Å²) in [5.41, 5.74) is 1.88. The van der Waals surface area contributed by atoms with Crippen LogP contribution < -0.4 is 5.32 Å². The summed E-state index contributed by atoms with van der Waals surface area (Å²) in [4.78, 5) is 18.9. The highest BCUT2D eigenvalue weighted by Crippen LogP contribution is 2.12. The molecule has 6 heteroatoms. The lowest BCUT2D eigenvalue weighted by Gasteiger charge is -2.07. The van der Waals surface area contributed by atoms with Crippen molar-refractivity contribution >= 4 is 23.4 Å². The number of rotatable bonds is 4. The van der Waals surface area contributed by atoms with Crippen molar-refractivity contribution in [2.75, 3.05) is 5.32 Å². The molecule has 1 aromatic heterocycles. The molecule has 0 amide bonds. The number of halogens is 1. The van der Waals surface area contributed by atoms with E-state index in [1.54, 1.807) is 24.3 Å². The number of aromatic nitrogens is 2. The van der Waals surface area contributed by atoms with Gasteiger partial charge in [0.05, 0.1) is 5.56 Å². The van der Waals surface area contributed by atoms with Crippen LogP contribution in [0.3, 0.4) is 0 Å². The number of hydrogen-bond donors (Lipinski definition) is 2. The predicted octanol–water partition coefficient (Wildman–Crippen LogP) is 2.75. The van der Waals surface area contributed by atoms with E-state index in [4.69, 9.17) is 16.7 Å². The van der Waals surface area contributed by atoms with Gasteiger partial charge in [-0.15, -0.1) is 0 Å². The molecule has 0 atom stereocenters. The highest BCUT2D eigenvalue weighted by Gasteiger charge is 2.04. The second-order valence-corrected chi connectivity index (χ2v) is 4.36. The first-order valence-electron chi connectivity index (χ1n) is 5.62. The SMILES string of the molecule is Cc1cc(NCc2cccc(C(=O)O)c2)nc(Cl)n1. The molecule has 1 heterocycles. The molecule has 0 fully saturated rings. The third-order valence-electron chi connectivity index (χ3n) is 2.47. The van der Waals surface area contributed by atoms with Crippen molar-refractivity contribution in [1.82, 2.24) is 9.97 Å². The van der Waals surface area contributed by atoms with Crippen LogP contribution in [0.25, 0.3) is 0 Å². The molecule has 2 aromatic rings. The van der Waals surface area contributed by atoms with Crippen LogP contribution in [0.1, 0.15) is 21.6 Å². The Bertz CT molecular complexity index is 596. The number of carboxylic acid groups (broad SMARTS) is 1. The Morgan fingerprint density at radius 2 is 2.16 bits per heavy atom. The van der Waals surface area contributed by atoms with E-state index in [0.29, 0.717) is 12.4 Å². The maximum absolute atomic E-state index is 10.9. The molecule has 2 N–H and O–H groups in total. The molecule has 2 rings (SSSR count). The summed E-state index contributed by atoms with van der Waals surface area (Å²) in [6.45, 7) is 2.29. The van der Waals surface area contributed by atoms with Crippen LogP contribution in [-0.4, -0.2) is 21.0 Å². The molecule has 0 saturated heterocycles. The molecule has 1 aromatic carbocycles. The van der Waals surface area contributed by atoms with Crippen molar-refractivity contribution in [2.24, 2.45) is 0 Å². The van der Waals surface area contributed by atoms with Crippen molar-refractivity contribution in [3.05, 3.63) is 52.4 Å². The molecule has 0 unspecified atom stereocenters. The number of aryl methyl sites for hydroxylation is 1. The summed E-state index contributed by atoms with van der Waals surface area (Å²) in [7, 11) is 0. The zero-order valence-electron chi connectivity index (χ0n) is 10.2. The molecular formula is C13H12ClN3O2. The third kappa shape index (κ3) is 3.66. The number of carbonyl (C=O) groups is 1. The Morgan fingerprint density at radius 1 is 1.37 bits per heavy atom. The van der Waals surface area contributed by atoms with Gasteiger partial charge >= 0.3 is 5.97 Å². The number of anilines is 1. The van der Waals surface area contributed by atoms with Gasteiger partial charge in [0.1, 0.15) is 5.82 Å². The quantitative estimate of drug-likeness (QED) is 0.841. The van der Waals surface area contributed by atoms with E-state index in [-0.39, 0.29) is 10.8 Å². The average Bonchev–Trinajstić information content (AvgIpc) is 2.35. The van der Waals surface area contributed by atoms with Crippen molar-refractivity contribution in [3.63, 3.8) is 0 Å². The Morgan fingerprint density at radius 3 is 2.84 bits per heavy atom. The lowest BCUT2D eigenvalue weighted by atomic mass is 10.1. The standard InChI is InChI=1S/C13H12ClN3O2/c1-8-5-11(17-13(14)16-8)15-7-9-3-2-4-10(6-9)12(18)19/h2-6H,7H2,1H3,(H,18,19)(H,15,16,17). The number of aromatic carboxylic acids is 1. The molecule has 0 aliphatic rings. The van der Waals surface area contributed by atoms with Gasteiger partial charge in [0, 0.05) is 18.3 Å². The van der Waals surface area contributed by atoms with Crippen molar-refractivity contribution in [2.45, 2.75) is 13.5 Å². The van der Waals surface area contributed by atoms with Gasteiger partial charge < -0.3 is 10.4 Å². The maximum atomic E-state index is 10.9. The van der Waals surface area contributed by atoms with Crippen LogP contribution in [0.5, 0.6) is 0 Å². The van der Waals surface area contributed by atoms with E-state index in [1.165, 1.54) is 0 Å². The smallest absolute Gasteiger partial charge is 0.335 e. The summed E-state index contributed by atoms with van der Waals surface area (Å²) in [5, 5.41) is 12.2. The van der Waals surface area contributed by atoms with Crippen LogP contribution in [0.2, 0.25) is 5.28 Å². The van der Waals surface area contributed by atoms with Crippen LogP contribution in [0, 0.1) is 6.92 Å². The maximum Gasteiger partial charge on any atom is 0.335 e. The normalized spacial score (nSPS) is 10.2. The minimum atomic E-state index is -0.942. The van der Waals surface area contributed by atoms with Crippen LogP contribution in [-0.2, 0) is 6.54 Å². The van der Waals surface area contributed by atoms with Gasteiger partial charge in [-0.1, -0.05) is 12.1 Å². The number of nitrogens with one attached hydrogen (secondary N) is 1. The Kier molecular flexibility index (Phi) is 3.97. The fourth-order valence-corrected chi connectivity index (χ4v) is 1.85. The fourth-order valence-electron chi connectivity index (χ4n) is 1.63. The van der Waals surface area contributed by atoms with Crippen LogP contribution in [0.4, 0.5) is 5.82 Å². The molecule has 0 aliphatic heterocycles. The number of hydrogen-bond acceptors (Lipinski definition) is 4. The number of benzene rings is 1. The zero-order valence-corrected chi connectivity index (χ0v) is 11.0. The van der Waals surface area contributed by atoms with E-state index >= 15 is 0 Å².